The molecule has 10 N–H and O–H groups in total. The summed E-state index contributed by atoms with van der Waals surface area (Å²) in [5.74, 6) is -23.0. The Bertz CT molecular complexity index is 3080. The van der Waals surface area contributed by atoms with E-state index in [9.17, 15) is 99.0 Å². The number of aryl methyl sites for hydroxylation is 5. The highest BCUT2D eigenvalue weighted by Crippen LogP contribution is 2.59. The molecule has 5 aromatic rings. The number of hydrogen-bond acceptors (Lipinski definition) is 10. The summed E-state index contributed by atoms with van der Waals surface area (Å²) in [6, 6.07) is 38.0. The summed E-state index contributed by atoms with van der Waals surface area (Å²) in [4.78, 5) is 117. The normalized spacial score (nSPS) is 12.6. The van der Waals surface area contributed by atoms with Gasteiger partial charge in [0.2, 0.25) is 0 Å². The first-order chi connectivity index (χ1) is 40.5. The van der Waals surface area contributed by atoms with Gasteiger partial charge in [-0.25, -0.2) is 0 Å². The fraction of sp³-hybridized carbons (Fsp3) is 0.323. The van der Waals surface area contributed by atoms with Gasteiger partial charge < -0.3 is 51.1 Å². The van der Waals surface area contributed by atoms with Crippen LogP contribution in [0.3, 0.4) is 0 Å². The van der Waals surface area contributed by atoms with Gasteiger partial charge >= 0.3 is 59.7 Å². The summed E-state index contributed by atoms with van der Waals surface area (Å²) in [6.07, 6.45) is 2.44. The molecule has 20 nitrogen and oxygen atoms in total. The van der Waals surface area contributed by atoms with Crippen molar-refractivity contribution in [3.05, 3.63) is 177 Å². The van der Waals surface area contributed by atoms with E-state index in [0.29, 0.717) is 32.1 Å². The molecule has 0 amide bonds. The largest absolute Gasteiger partial charge is 0.481 e. The lowest BCUT2D eigenvalue weighted by molar-refractivity contribution is -0.156. The second kappa shape index (κ2) is 30.0. The molecule has 85 heavy (non-hydrogen) atoms. The molecule has 0 fully saturated rings. The topological polar surface area (TPSA) is 373 Å². The summed E-state index contributed by atoms with van der Waals surface area (Å²) in [6.45, 7) is 0. The second-order valence-electron chi connectivity index (χ2n) is 21.1. The van der Waals surface area contributed by atoms with Crippen molar-refractivity contribution in [3.63, 3.8) is 0 Å². The van der Waals surface area contributed by atoms with E-state index in [0.717, 1.165) is 77.9 Å². The Balaban J connectivity index is 1.57. The van der Waals surface area contributed by atoms with E-state index >= 15 is 0 Å². The van der Waals surface area contributed by atoms with E-state index in [1.165, 1.54) is 0 Å². The molecule has 20 heteroatoms. The quantitative estimate of drug-likeness (QED) is 0.0169. The van der Waals surface area contributed by atoms with Crippen molar-refractivity contribution < 1.29 is 99.0 Å². The van der Waals surface area contributed by atoms with Crippen LogP contribution in [0.25, 0.3) is 22.3 Å². The fourth-order valence-electron chi connectivity index (χ4n) is 10.8. The first-order valence-corrected chi connectivity index (χ1v) is 27.7. The lowest BCUT2D eigenvalue weighted by atomic mass is 9.80. The smallest absolute Gasteiger partial charge is 0.317 e. The Labute approximate surface area is 488 Å². The van der Waals surface area contributed by atoms with Gasteiger partial charge in [-0.2, -0.15) is 0 Å². The second-order valence-corrected chi connectivity index (χ2v) is 21.1. The predicted octanol–water partition coefficient (Wildman–Crippen LogP) is 9.55. The molecule has 446 valence electrons. The maximum Gasteiger partial charge on any atom is 0.317 e. The monoisotopic (exact) mass is 1170 g/mol. The molecule has 0 saturated heterocycles. The summed E-state index contributed by atoms with van der Waals surface area (Å²) < 4.78 is 0. The zero-order valence-corrected chi connectivity index (χ0v) is 46.2. The molecular formula is C65H66O20. The lowest BCUT2D eigenvalue weighted by Gasteiger charge is -2.23. The van der Waals surface area contributed by atoms with E-state index in [1.807, 2.05) is 121 Å². The number of hydrogen-bond donors (Lipinski definition) is 10. The summed E-state index contributed by atoms with van der Waals surface area (Å²) in [7, 11) is 0. The van der Waals surface area contributed by atoms with E-state index in [4.69, 9.17) is 0 Å². The summed E-state index contributed by atoms with van der Waals surface area (Å²) >= 11 is 0. The van der Waals surface area contributed by atoms with Crippen LogP contribution in [0.4, 0.5) is 0 Å². The van der Waals surface area contributed by atoms with Crippen molar-refractivity contribution in [2.75, 3.05) is 0 Å². The van der Waals surface area contributed by atoms with Crippen molar-refractivity contribution in [1.29, 1.82) is 0 Å². The maximum absolute atomic E-state index is 11.7. The molecular weight excluding hydrogens is 1100 g/mol. The third kappa shape index (κ3) is 17.2. The summed E-state index contributed by atoms with van der Waals surface area (Å²) in [5, 5.41) is 95.2. The van der Waals surface area contributed by atoms with Gasteiger partial charge in [0, 0.05) is 5.92 Å². The molecule has 0 aromatic heterocycles. The predicted molar refractivity (Wildman–Crippen MR) is 307 cm³/mol. The zero-order chi connectivity index (χ0) is 62.1. The molecule has 0 radical (unpaired) electrons. The number of allylic oxidation sites excluding steroid dienone is 4. The Hall–Kier alpha value is -9.72. The number of aliphatic carboxylic acids is 10. The van der Waals surface area contributed by atoms with E-state index in [-0.39, 0.29) is 64.2 Å². The third-order valence-corrected chi connectivity index (χ3v) is 15.5. The highest BCUT2D eigenvalue weighted by atomic mass is 16.4. The molecule has 1 aliphatic rings. The molecule has 5 aromatic carbocycles. The van der Waals surface area contributed by atoms with E-state index < -0.39 is 95.2 Å². The minimum absolute atomic E-state index is 0.110. The molecule has 1 aliphatic carbocycles. The van der Waals surface area contributed by atoms with Gasteiger partial charge in [0.25, 0.3) is 0 Å². The average molecular weight is 1170 g/mol. The molecule has 0 spiro atoms. The van der Waals surface area contributed by atoms with Crippen LogP contribution in [0.1, 0.15) is 126 Å². The van der Waals surface area contributed by atoms with Crippen LogP contribution < -0.4 is 0 Å². The molecule has 0 heterocycles. The Morgan fingerprint density at radius 3 is 0.624 bits per heavy atom. The van der Waals surface area contributed by atoms with Gasteiger partial charge in [0.15, 0.2) is 29.6 Å². The number of carbonyl (C=O) groups is 10. The number of carboxylic acids is 10. The van der Waals surface area contributed by atoms with Crippen LogP contribution >= 0.6 is 0 Å². The van der Waals surface area contributed by atoms with Crippen molar-refractivity contribution in [3.8, 4) is 0 Å². The lowest BCUT2D eigenvalue weighted by Crippen LogP contribution is -2.23. The van der Waals surface area contributed by atoms with Crippen LogP contribution in [0.5, 0.6) is 0 Å². The Morgan fingerprint density at radius 1 is 0.259 bits per heavy atom. The van der Waals surface area contributed by atoms with Crippen LogP contribution in [-0.4, -0.2) is 111 Å². The summed E-state index contributed by atoms with van der Waals surface area (Å²) in [5.41, 5.74) is 10.8. The van der Waals surface area contributed by atoms with Gasteiger partial charge in [-0.15, -0.1) is 0 Å². The van der Waals surface area contributed by atoms with E-state index in [1.54, 1.807) is 0 Å². The van der Waals surface area contributed by atoms with Crippen molar-refractivity contribution in [2.24, 2.45) is 29.6 Å². The van der Waals surface area contributed by atoms with Gasteiger partial charge in [0.05, 0.1) is 0 Å². The zero-order valence-electron chi connectivity index (χ0n) is 46.2. The van der Waals surface area contributed by atoms with Crippen molar-refractivity contribution >= 4 is 82.0 Å². The van der Waals surface area contributed by atoms with Crippen LogP contribution in [0, 0.1) is 29.6 Å². The Morgan fingerprint density at radius 2 is 0.435 bits per heavy atom. The van der Waals surface area contributed by atoms with E-state index in [2.05, 4.69) is 0 Å². The van der Waals surface area contributed by atoms with Crippen LogP contribution in [-0.2, 0) is 80.0 Å². The molecule has 6 rings (SSSR count). The molecule has 0 atom stereocenters. The molecule has 0 aliphatic heterocycles. The van der Waals surface area contributed by atoms with Crippen molar-refractivity contribution in [2.45, 2.75) is 102 Å². The molecule has 0 bridgehead atoms. The Kier molecular flexibility index (Phi) is 22.8. The van der Waals surface area contributed by atoms with Crippen molar-refractivity contribution in [1.82, 2.24) is 0 Å². The number of carboxylic acid groups (broad SMARTS) is 10. The highest BCUT2D eigenvalue weighted by molar-refractivity contribution is 6.30. The fourth-order valence-corrected chi connectivity index (χ4v) is 10.8. The molecule has 0 saturated carbocycles. The average Bonchev–Trinajstić information content (AvgIpc) is 1.64. The van der Waals surface area contributed by atoms with Crippen LogP contribution in [0.15, 0.2) is 121 Å². The highest BCUT2D eigenvalue weighted by Gasteiger charge is 2.38. The van der Waals surface area contributed by atoms with Gasteiger partial charge in [-0.3, -0.25) is 47.9 Å². The number of benzene rings is 5. The van der Waals surface area contributed by atoms with Crippen LogP contribution in [0.2, 0.25) is 0 Å². The first kappa shape index (κ1) is 64.4. The SMILES string of the molecule is O=C(O)C(CCCc1ccc(C2=C(c3ccc(CCCC(C(=O)O)C(=O)O)cc3)C(c3ccc(CCCC(C(=O)O)C(=O)O)cc3)C(c3ccc(CCCC(C(=O)O)C(=O)O)cc3)=C2c2ccc(CCCC(C(=O)O)C(=O)O)cc2)cc1)C(=O)O. The number of rotatable bonds is 35. The minimum Gasteiger partial charge on any atom is -0.481 e. The first-order valence-electron chi connectivity index (χ1n) is 27.7. The maximum atomic E-state index is 11.7. The standard InChI is InChI=1S/C65H66O20/c66-56(67)46(57(68)69)11-1-6-36-16-26-41(27-17-36)51-52(42-28-18-37(19-29-42)7-2-12-47(58(70)71)59(72)73)54(44-32-22-39(23-33-44)9-4-14-49(62(78)79)63(80)81)55(45-34-24-40(25-35-45)10-5-15-50(64(82)83)65(84)85)53(51)43-30-20-38(21-31-43)8-3-13-48(60(74)75)61(76)77/h16-35,46-51H,1-15H2,(H,66,67)(H,68,69)(H,70,71)(H,72,73)(H,74,75)(H,76,77)(H,78,79)(H,80,81)(H,82,83)(H,84,85). The third-order valence-electron chi connectivity index (χ3n) is 15.5. The van der Waals surface area contributed by atoms with Gasteiger partial charge in [-0.05, 0) is 174 Å². The van der Waals surface area contributed by atoms with Gasteiger partial charge in [0.1, 0.15) is 0 Å². The van der Waals surface area contributed by atoms with Gasteiger partial charge in [-0.1, -0.05) is 121 Å². The molecule has 0 unspecified atom stereocenters. The minimum atomic E-state index is -1.59.